The molecule has 12 nitrogen and oxygen atoms in total. The smallest absolute Gasteiger partial charge is 0.267 e. The molecular formula is C21H14N10O2. The summed E-state index contributed by atoms with van der Waals surface area (Å²) < 4.78 is 5.15. The van der Waals surface area contributed by atoms with E-state index in [1.807, 2.05) is 60.7 Å². The van der Waals surface area contributed by atoms with Gasteiger partial charge in [0, 0.05) is 0 Å². The first-order chi connectivity index (χ1) is 16.2. The van der Waals surface area contributed by atoms with Crippen LogP contribution >= 0.6 is 0 Å². The summed E-state index contributed by atoms with van der Waals surface area (Å²) in [6.07, 6.45) is 2.86. The molecule has 0 atom stereocenters. The Morgan fingerprint density at radius 1 is 0.606 bits per heavy atom. The number of rotatable bonds is 4. The van der Waals surface area contributed by atoms with Crippen molar-refractivity contribution in [2.24, 2.45) is 0 Å². The summed E-state index contributed by atoms with van der Waals surface area (Å²) in [6.45, 7) is -0.253. The summed E-state index contributed by atoms with van der Waals surface area (Å²) in [7, 11) is 0. The number of hydrogen-bond donors (Lipinski definition) is 0. The fourth-order valence-electron chi connectivity index (χ4n) is 3.56. The van der Waals surface area contributed by atoms with Gasteiger partial charge in [-0.15, -0.1) is 10.2 Å². The molecule has 0 saturated carbocycles. The van der Waals surface area contributed by atoms with Crippen LogP contribution in [-0.4, -0.2) is 49.5 Å². The van der Waals surface area contributed by atoms with E-state index in [1.54, 1.807) is 0 Å². The molecule has 0 fully saturated rings. The summed E-state index contributed by atoms with van der Waals surface area (Å²) >= 11 is 0. The molecule has 0 spiro atoms. The maximum atomic E-state index is 13.0. The van der Waals surface area contributed by atoms with Crippen LogP contribution in [0.25, 0.3) is 33.4 Å². The molecule has 0 saturated heterocycles. The Balaban J connectivity index is 1.40. The molecule has 2 aromatic carbocycles. The highest BCUT2D eigenvalue weighted by atomic mass is 16.1. The van der Waals surface area contributed by atoms with Gasteiger partial charge >= 0.3 is 0 Å². The summed E-state index contributed by atoms with van der Waals surface area (Å²) in [4.78, 5) is 25.9. The van der Waals surface area contributed by atoms with Crippen molar-refractivity contribution in [2.45, 2.75) is 6.67 Å². The summed E-state index contributed by atoms with van der Waals surface area (Å²) in [5.74, 6) is 0. The van der Waals surface area contributed by atoms with Crippen molar-refractivity contribution in [3.63, 3.8) is 0 Å². The Kier molecular flexibility index (Phi) is 4.15. The third-order valence-electron chi connectivity index (χ3n) is 5.18. The van der Waals surface area contributed by atoms with Crippen LogP contribution in [-0.2, 0) is 6.67 Å². The third kappa shape index (κ3) is 3.00. The molecule has 4 heterocycles. The van der Waals surface area contributed by atoms with Crippen molar-refractivity contribution in [3.05, 3.63) is 93.8 Å². The van der Waals surface area contributed by atoms with Crippen LogP contribution in [0.5, 0.6) is 0 Å². The van der Waals surface area contributed by atoms with Gasteiger partial charge in [-0.3, -0.25) is 9.59 Å². The van der Waals surface area contributed by atoms with Crippen molar-refractivity contribution in [3.8, 4) is 11.4 Å². The maximum Gasteiger partial charge on any atom is 0.282 e. The second-order valence-electron chi connectivity index (χ2n) is 7.19. The molecule has 12 heteroatoms. The van der Waals surface area contributed by atoms with E-state index >= 15 is 0 Å². The molecule has 0 aliphatic rings. The minimum atomic E-state index is -0.448. The van der Waals surface area contributed by atoms with Crippen molar-refractivity contribution >= 4 is 22.1 Å². The van der Waals surface area contributed by atoms with Crippen LogP contribution < -0.4 is 11.1 Å². The molecule has 0 unspecified atom stereocenters. The topological polar surface area (TPSA) is 131 Å². The van der Waals surface area contributed by atoms with E-state index in [1.165, 1.54) is 21.8 Å². The number of benzene rings is 2. The van der Waals surface area contributed by atoms with Crippen LogP contribution in [0.3, 0.4) is 0 Å². The first kappa shape index (κ1) is 18.7. The van der Waals surface area contributed by atoms with E-state index in [4.69, 9.17) is 0 Å². The molecule has 6 aromatic rings. The quantitative estimate of drug-likeness (QED) is 0.394. The number of aromatic nitrogens is 10. The number of nitrogens with zero attached hydrogens (tertiary/aromatic N) is 10. The fourth-order valence-corrected chi connectivity index (χ4v) is 3.56. The lowest BCUT2D eigenvalue weighted by molar-refractivity contribution is 0.435. The zero-order valence-electron chi connectivity index (χ0n) is 16.9. The maximum absolute atomic E-state index is 13.0. The first-order valence-electron chi connectivity index (χ1n) is 9.94. The lowest BCUT2D eigenvalue weighted by Crippen LogP contribution is -2.34. The summed E-state index contributed by atoms with van der Waals surface area (Å²) in [5.41, 5.74) is 1.25. The second-order valence-corrected chi connectivity index (χ2v) is 7.19. The average molecular weight is 438 g/mol. The monoisotopic (exact) mass is 438 g/mol. The third-order valence-corrected chi connectivity index (χ3v) is 5.18. The van der Waals surface area contributed by atoms with Crippen molar-refractivity contribution in [2.75, 3.05) is 0 Å². The molecule has 33 heavy (non-hydrogen) atoms. The molecule has 0 N–H and O–H groups in total. The molecular weight excluding hydrogens is 424 g/mol. The fraction of sp³-hybridized carbons (Fsp3) is 0.0476. The minimum Gasteiger partial charge on any atom is -0.267 e. The Bertz CT molecular complexity index is 1600. The predicted octanol–water partition coefficient (Wildman–Crippen LogP) is 0.774. The largest absolute Gasteiger partial charge is 0.282 e. The Labute approximate surface area is 183 Å². The predicted molar refractivity (Wildman–Crippen MR) is 117 cm³/mol. The number of para-hydroxylation sites is 2. The molecule has 0 amide bonds. The molecule has 0 radical (unpaired) electrons. The lowest BCUT2D eigenvalue weighted by Gasteiger charge is -2.06. The van der Waals surface area contributed by atoms with Gasteiger partial charge in [0.05, 0.1) is 23.8 Å². The summed E-state index contributed by atoms with van der Waals surface area (Å²) in [6, 6.07) is 18.6. The van der Waals surface area contributed by atoms with E-state index in [2.05, 4.69) is 30.8 Å². The highest BCUT2D eigenvalue weighted by Gasteiger charge is 2.16. The van der Waals surface area contributed by atoms with Gasteiger partial charge in [0.1, 0.15) is 17.4 Å². The summed E-state index contributed by atoms with van der Waals surface area (Å²) in [5, 5.41) is 25.3. The van der Waals surface area contributed by atoms with Crippen molar-refractivity contribution < 1.29 is 0 Å². The molecule has 0 bridgehead atoms. The van der Waals surface area contributed by atoms with E-state index in [9.17, 15) is 9.59 Å². The Morgan fingerprint density at radius 3 is 1.45 bits per heavy atom. The van der Waals surface area contributed by atoms with Gasteiger partial charge in [0.2, 0.25) is 0 Å². The normalized spacial score (nSPS) is 11.4. The van der Waals surface area contributed by atoms with E-state index < -0.39 is 11.1 Å². The number of fused-ring (bicyclic) bond motifs is 2. The Morgan fingerprint density at radius 2 is 1.03 bits per heavy atom. The minimum absolute atomic E-state index is 0.253. The lowest BCUT2D eigenvalue weighted by atomic mass is 10.3. The highest BCUT2D eigenvalue weighted by Crippen LogP contribution is 2.13. The van der Waals surface area contributed by atoms with Gasteiger partial charge in [0.15, 0.2) is 11.3 Å². The molecule has 0 aliphatic heterocycles. The van der Waals surface area contributed by atoms with Crippen LogP contribution in [0.2, 0.25) is 0 Å². The Hall–Kier alpha value is -5.00. The van der Waals surface area contributed by atoms with E-state index in [-0.39, 0.29) is 17.4 Å². The SMILES string of the molecule is O=c1c2cnn(-c3ccccc3)c2nnn1Cn1nnc2c(cnn2-c2ccccc2)c1=O. The first-order valence-corrected chi connectivity index (χ1v) is 9.94. The van der Waals surface area contributed by atoms with Gasteiger partial charge in [-0.05, 0) is 24.3 Å². The number of hydrogen-bond acceptors (Lipinski definition) is 8. The molecule has 160 valence electrons. The zero-order valence-corrected chi connectivity index (χ0v) is 16.9. The van der Waals surface area contributed by atoms with Crippen LogP contribution in [0.1, 0.15) is 0 Å². The van der Waals surface area contributed by atoms with Crippen LogP contribution in [0, 0.1) is 0 Å². The van der Waals surface area contributed by atoms with Crippen LogP contribution in [0.4, 0.5) is 0 Å². The standard InChI is InChI=1S/C21H14N10O2/c32-20-16-11-22-30(14-7-3-1-4-8-14)18(16)24-26-28(20)13-29-21(33)17-12-23-31(19(17)25-27-29)15-9-5-2-6-10-15/h1-12H,13H2. The van der Waals surface area contributed by atoms with Crippen molar-refractivity contribution in [1.82, 2.24) is 49.5 Å². The van der Waals surface area contributed by atoms with Gasteiger partial charge in [0.25, 0.3) is 11.1 Å². The van der Waals surface area contributed by atoms with Gasteiger partial charge < -0.3 is 0 Å². The van der Waals surface area contributed by atoms with Gasteiger partial charge in [-0.2, -0.15) is 19.6 Å². The average Bonchev–Trinajstić information content (AvgIpc) is 3.49. The zero-order chi connectivity index (χ0) is 22.4. The van der Waals surface area contributed by atoms with Crippen molar-refractivity contribution in [1.29, 1.82) is 0 Å². The van der Waals surface area contributed by atoms with E-state index in [0.717, 1.165) is 20.7 Å². The molecule has 4 aromatic heterocycles. The van der Waals surface area contributed by atoms with Crippen LogP contribution in [0.15, 0.2) is 82.6 Å². The second kappa shape index (κ2) is 7.30. The highest BCUT2D eigenvalue weighted by molar-refractivity contribution is 5.75. The molecule has 0 aliphatic carbocycles. The molecule has 6 rings (SSSR count). The van der Waals surface area contributed by atoms with E-state index in [0.29, 0.717) is 11.3 Å². The van der Waals surface area contributed by atoms with Gasteiger partial charge in [-0.1, -0.05) is 46.8 Å². The van der Waals surface area contributed by atoms with Gasteiger partial charge in [-0.25, -0.2) is 9.36 Å².